The van der Waals surface area contributed by atoms with Crippen LogP contribution in [0.5, 0.6) is 0 Å². The molecule has 0 aromatic heterocycles. The van der Waals surface area contributed by atoms with Gasteiger partial charge in [-0.05, 0) is 51.2 Å². The lowest BCUT2D eigenvalue weighted by Crippen LogP contribution is -1.94. The fourth-order valence-corrected chi connectivity index (χ4v) is 1.63. The first kappa shape index (κ1) is 13.7. The number of rotatable bonds is 6. The molecule has 1 nitrogen and oxygen atoms in total. The van der Waals surface area contributed by atoms with Gasteiger partial charge in [-0.3, -0.25) is 4.99 Å². The number of hydrogen-bond acceptors (Lipinski definition) is 1. The Labute approximate surface area is 105 Å². The van der Waals surface area contributed by atoms with Gasteiger partial charge in [0.25, 0.3) is 0 Å². The molecular weight excluding hydrogens is 206 g/mol. The average molecular weight is 229 g/mol. The predicted octanol–water partition coefficient (Wildman–Crippen LogP) is 5.16. The van der Waals surface area contributed by atoms with Crippen molar-refractivity contribution in [3.05, 3.63) is 42.0 Å². The quantitative estimate of drug-likeness (QED) is 0.472. The Morgan fingerprint density at radius 2 is 1.94 bits per heavy atom. The zero-order chi connectivity index (χ0) is 12.5. The van der Waals surface area contributed by atoms with Crippen LogP contribution in [-0.2, 0) is 0 Å². The van der Waals surface area contributed by atoms with E-state index in [1.54, 1.807) is 0 Å². The molecule has 0 heterocycles. The van der Waals surface area contributed by atoms with Crippen LogP contribution >= 0.6 is 0 Å². The molecule has 0 N–H and O–H groups in total. The summed E-state index contributed by atoms with van der Waals surface area (Å²) in [6.45, 7) is 6.60. The van der Waals surface area contributed by atoms with Crippen molar-refractivity contribution >= 4 is 11.9 Å². The van der Waals surface area contributed by atoms with E-state index in [0.29, 0.717) is 5.92 Å². The van der Waals surface area contributed by atoms with Gasteiger partial charge in [0, 0.05) is 6.21 Å². The predicted molar refractivity (Wildman–Crippen MR) is 77.0 cm³/mol. The van der Waals surface area contributed by atoms with Gasteiger partial charge in [0.2, 0.25) is 0 Å². The van der Waals surface area contributed by atoms with Gasteiger partial charge < -0.3 is 0 Å². The topological polar surface area (TPSA) is 12.4 Å². The Morgan fingerprint density at radius 1 is 1.24 bits per heavy atom. The Morgan fingerprint density at radius 3 is 2.59 bits per heavy atom. The van der Waals surface area contributed by atoms with Gasteiger partial charge in [-0.25, -0.2) is 0 Å². The summed E-state index contributed by atoms with van der Waals surface area (Å²) in [6, 6.07) is 10.1. The Hall–Kier alpha value is -1.37. The molecule has 1 atom stereocenters. The van der Waals surface area contributed by atoms with Crippen LogP contribution in [0.1, 0.15) is 40.0 Å². The van der Waals surface area contributed by atoms with Gasteiger partial charge in [-0.15, -0.1) is 0 Å². The first-order valence-corrected chi connectivity index (χ1v) is 6.39. The third-order valence-electron chi connectivity index (χ3n) is 2.72. The summed E-state index contributed by atoms with van der Waals surface area (Å²) in [4.78, 5) is 4.45. The van der Waals surface area contributed by atoms with Crippen LogP contribution in [0, 0.1) is 5.92 Å². The standard InChI is InChI=1S/C16H23N/c1-14(2)8-7-9-15(3)12-13-17-16-10-5-4-6-11-16/h4-6,8,10-11,13,15H,7,9,12H2,1-3H3. The van der Waals surface area contributed by atoms with Crippen LogP contribution in [-0.4, -0.2) is 6.21 Å². The summed E-state index contributed by atoms with van der Waals surface area (Å²) in [7, 11) is 0. The van der Waals surface area contributed by atoms with Crippen LogP contribution < -0.4 is 0 Å². The second-order valence-corrected chi connectivity index (χ2v) is 4.85. The Kier molecular flexibility index (Phi) is 6.31. The molecule has 1 heteroatoms. The highest BCUT2D eigenvalue weighted by atomic mass is 14.7. The van der Waals surface area contributed by atoms with E-state index < -0.39 is 0 Å². The number of benzene rings is 1. The smallest absolute Gasteiger partial charge is 0.0625 e. The fraction of sp³-hybridized carbons (Fsp3) is 0.438. The lowest BCUT2D eigenvalue weighted by molar-refractivity contribution is 0.563. The van der Waals surface area contributed by atoms with E-state index >= 15 is 0 Å². The summed E-state index contributed by atoms with van der Waals surface area (Å²) in [5.74, 6) is 0.707. The van der Waals surface area contributed by atoms with Gasteiger partial charge >= 0.3 is 0 Å². The third-order valence-corrected chi connectivity index (χ3v) is 2.72. The first-order chi connectivity index (χ1) is 8.18. The maximum Gasteiger partial charge on any atom is 0.0625 e. The molecule has 0 saturated carbocycles. The third kappa shape index (κ3) is 6.72. The van der Waals surface area contributed by atoms with E-state index in [4.69, 9.17) is 0 Å². The molecule has 0 spiro atoms. The van der Waals surface area contributed by atoms with Crippen molar-refractivity contribution in [1.29, 1.82) is 0 Å². The van der Waals surface area contributed by atoms with Crippen molar-refractivity contribution < 1.29 is 0 Å². The van der Waals surface area contributed by atoms with Crippen LogP contribution in [0.15, 0.2) is 47.0 Å². The van der Waals surface area contributed by atoms with Crippen molar-refractivity contribution in [3.63, 3.8) is 0 Å². The molecule has 17 heavy (non-hydrogen) atoms. The average Bonchev–Trinajstić information content (AvgIpc) is 2.30. The molecule has 0 saturated heterocycles. The summed E-state index contributed by atoms with van der Waals surface area (Å²) < 4.78 is 0. The van der Waals surface area contributed by atoms with E-state index in [1.165, 1.54) is 18.4 Å². The van der Waals surface area contributed by atoms with Crippen molar-refractivity contribution in [1.82, 2.24) is 0 Å². The Balaban J connectivity index is 2.26. The molecule has 1 unspecified atom stereocenters. The number of nitrogens with zero attached hydrogens (tertiary/aromatic N) is 1. The van der Waals surface area contributed by atoms with Gasteiger partial charge in [-0.1, -0.05) is 36.8 Å². The molecule has 1 aromatic rings. The molecule has 0 fully saturated rings. The molecule has 0 aliphatic rings. The molecule has 0 bridgehead atoms. The monoisotopic (exact) mass is 229 g/mol. The van der Waals surface area contributed by atoms with Crippen LogP contribution in [0.2, 0.25) is 0 Å². The van der Waals surface area contributed by atoms with E-state index in [-0.39, 0.29) is 0 Å². The summed E-state index contributed by atoms with van der Waals surface area (Å²) in [6.07, 6.45) is 7.84. The zero-order valence-electron chi connectivity index (χ0n) is 11.2. The highest BCUT2D eigenvalue weighted by Crippen LogP contribution is 2.13. The molecule has 0 radical (unpaired) electrons. The van der Waals surface area contributed by atoms with Crippen molar-refractivity contribution in [3.8, 4) is 0 Å². The van der Waals surface area contributed by atoms with Gasteiger partial charge in [-0.2, -0.15) is 0 Å². The minimum absolute atomic E-state index is 0.707. The Bertz CT molecular complexity index is 358. The number of hydrogen-bond donors (Lipinski definition) is 0. The molecule has 1 aromatic carbocycles. The maximum absolute atomic E-state index is 4.45. The van der Waals surface area contributed by atoms with E-state index in [9.17, 15) is 0 Å². The van der Waals surface area contributed by atoms with E-state index in [0.717, 1.165) is 12.1 Å². The van der Waals surface area contributed by atoms with Crippen LogP contribution in [0.25, 0.3) is 0 Å². The molecule has 0 aliphatic heterocycles. The molecular formula is C16H23N. The SMILES string of the molecule is CC(C)=CCCC(C)CC=Nc1ccccc1. The molecule has 92 valence electrons. The zero-order valence-corrected chi connectivity index (χ0v) is 11.2. The van der Waals surface area contributed by atoms with Gasteiger partial charge in [0.05, 0.1) is 5.69 Å². The van der Waals surface area contributed by atoms with Crippen molar-refractivity contribution in [2.24, 2.45) is 10.9 Å². The number of allylic oxidation sites excluding steroid dienone is 2. The minimum Gasteiger partial charge on any atom is -0.261 e. The second-order valence-electron chi connectivity index (χ2n) is 4.85. The molecule has 1 rings (SSSR count). The van der Waals surface area contributed by atoms with Gasteiger partial charge in [0.1, 0.15) is 0 Å². The summed E-state index contributed by atoms with van der Waals surface area (Å²) >= 11 is 0. The van der Waals surface area contributed by atoms with E-state index in [1.807, 2.05) is 36.5 Å². The van der Waals surface area contributed by atoms with Crippen LogP contribution in [0.4, 0.5) is 5.69 Å². The summed E-state index contributed by atoms with van der Waals surface area (Å²) in [5.41, 5.74) is 2.46. The number of aliphatic imine (C=N–C) groups is 1. The highest BCUT2D eigenvalue weighted by molar-refractivity contribution is 5.63. The maximum atomic E-state index is 4.45. The molecule has 0 amide bonds. The van der Waals surface area contributed by atoms with E-state index in [2.05, 4.69) is 31.8 Å². The fourth-order valence-electron chi connectivity index (χ4n) is 1.63. The largest absolute Gasteiger partial charge is 0.261 e. The van der Waals surface area contributed by atoms with Gasteiger partial charge in [0.15, 0.2) is 0 Å². The second kappa shape index (κ2) is 7.83. The number of para-hydroxylation sites is 1. The van der Waals surface area contributed by atoms with Crippen molar-refractivity contribution in [2.75, 3.05) is 0 Å². The lowest BCUT2D eigenvalue weighted by Gasteiger charge is -2.05. The normalized spacial score (nSPS) is 12.6. The summed E-state index contributed by atoms with van der Waals surface area (Å²) in [5, 5.41) is 0. The van der Waals surface area contributed by atoms with Crippen molar-refractivity contribution in [2.45, 2.75) is 40.0 Å². The van der Waals surface area contributed by atoms with Crippen LogP contribution in [0.3, 0.4) is 0 Å². The highest BCUT2D eigenvalue weighted by Gasteiger charge is 1.98. The minimum atomic E-state index is 0.707. The lowest BCUT2D eigenvalue weighted by atomic mass is 10.0. The molecule has 0 aliphatic carbocycles. The first-order valence-electron chi connectivity index (χ1n) is 6.39.